The Morgan fingerprint density at radius 1 is 1.19 bits per heavy atom. The van der Waals surface area contributed by atoms with Gasteiger partial charge >= 0.3 is 0 Å². The number of aryl methyl sites for hydroxylation is 1. The van der Waals surface area contributed by atoms with Crippen molar-refractivity contribution in [1.82, 2.24) is 20.4 Å². The number of hydrogen-bond acceptors (Lipinski definition) is 5. The highest BCUT2D eigenvalue weighted by Crippen LogP contribution is 2.28. The molecule has 0 unspecified atom stereocenters. The van der Waals surface area contributed by atoms with Gasteiger partial charge in [0.2, 0.25) is 5.91 Å². The summed E-state index contributed by atoms with van der Waals surface area (Å²) in [6, 6.07) is 7.21. The highest BCUT2D eigenvalue weighted by molar-refractivity contribution is 5.77. The van der Waals surface area contributed by atoms with Gasteiger partial charge in [-0.25, -0.2) is 0 Å². The first-order chi connectivity index (χ1) is 13.1. The van der Waals surface area contributed by atoms with E-state index in [1.807, 2.05) is 25.3 Å². The fourth-order valence-corrected chi connectivity index (χ4v) is 2.46. The molecule has 2 aromatic rings. The molecule has 1 heterocycles. The summed E-state index contributed by atoms with van der Waals surface area (Å²) in [6.07, 6.45) is 4.75. The van der Waals surface area contributed by atoms with Gasteiger partial charge in [0.1, 0.15) is 0 Å². The van der Waals surface area contributed by atoms with E-state index >= 15 is 0 Å². The first-order valence-corrected chi connectivity index (χ1v) is 8.93. The van der Waals surface area contributed by atoms with Crippen LogP contribution in [0.3, 0.4) is 0 Å². The van der Waals surface area contributed by atoms with Crippen molar-refractivity contribution in [3.05, 3.63) is 42.2 Å². The quantitative estimate of drug-likeness (QED) is 0.622. The van der Waals surface area contributed by atoms with Gasteiger partial charge in [-0.15, -0.1) is 0 Å². The van der Waals surface area contributed by atoms with Crippen molar-refractivity contribution in [2.45, 2.75) is 32.9 Å². The van der Waals surface area contributed by atoms with Gasteiger partial charge in [-0.2, -0.15) is 5.10 Å². The lowest BCUT2D eigenvalue weighted by molar-refractivity contribution is -0.123. The predicted octanol–water partition coefficient (Wildman–Crippen LogP) is 1.50. The summed E-state index contributed by atoms with van der Waals surface area (Å²) in [5.41, 5.74) is 0.887. The van der Waals surface area contributed by atoms with Gasteiger partial charge < -0.3 is 20.1 Å². The molecule has 0 aliphatic carbocycles. The minimum absolute atomic E-state index is 0.0160. The lowest BCUT2D eigenvalue weighted by Crippen LogP contribution is -2.28. The van der Waals surface area contributed by atoms with Crippen LogP contribution in [0.15, 0.2) is 36.7 Å². The van der Waals surface area contributed by atoms with Gasteiger partial charge in [0.05, 0.1) is 7.11 Å². The number of rotatable bonds is 11. The molecule has 1 aromatic carbocycles. The fraction of sp³-hybridized carbons (Fsp3) is 0.421. The second-order valence-corrected chi connectivity index (χ2v) is 5.88. The number of likely N-dealkylation sites (N-methyl/N-ethyl adjacent to an activating group) is 1. The van der Waals surface area contributed by atoms with E-state index in [0.717, 1.165) is 12.0 Å². The molecule has 0 aliphatic heterocycles. The van der Waals surface area contributed by atoms with Gasteiger partial charge in [-0.3, -0.25) is 14.3 Å². The van der Waals surface area contributed by atoms with Crippen LogP contribution in [-0.2, 0) is 22.7 Å². The molecule has 2 amide bonds. The lowest BCUT2D eigenvalue weighted by atomic mass is 10.2. The Balaban J connectivity index is 1.78. The number of carbonyl (C=O) groups is 2. The zero-order valence-corrected chi connectivity index (χ0v) is 15.7. The molecule has 1 aromatic heterocycles. The largest absolute Gasteiger partial charge is 0.493 e. The Labute approximate surface area is 158 Å². The van der Waals surface area contributed by atoms with Crippen molar-refractivity contribution in [2.24, 2.45) is 0 Å². The number of nitrogens with one attached hydrogen (secondary N) is 2. The Kier molecular flexibility index (Phi) is 8.15. The van der Waals surface area contributed by atoms with Crippen LogP contribution in [0, 0.1) is 0 Å². The third-order valence-corrected chi connectivity index (χ3v) is 3.80. The molecule has 2 N–H and O–H groups in total. The summed E-state index contributed by atoms with van der Waals surface area (Å²) >= 11 is 0. The van der Waals surface area contributed by atoms with Crippen molar-refractivity contribution in [2.75, 3.05) is 20.3 Å². The van der Waals surface area contributed by atoms with Gasteiger partial charge in [-0.1, -0.05) is 6.07 Å². The normalized spacial score (nSPS) is 10.3. The summed E-state index contributed by atoms with van der Waals surface area (Å²) in [5, 5.41) is 9.66. The molecule has 8 nitrogen and oxygen atoms in total. The number of ether oxygens (including phenoxy) is 2. The minimum atomic E-state index is -0.189. The molecule has 0 fully saturated rings. The third kappa shape index (κ3) is 7.01. The van der Waals surface area contributed by atoms with Crippen LogP contribution in [0.4, 0.5) is 0 Å². The summed E-state index contributed by atoms with van der Waals surface area (Å²) in [6.45, 7) is 3.44. The SMILES string of the molecule is CCNC(=O)COc1ccc(CNC(=O)CCCn2cccn2)cc1OC. The molecular formula is C19H26N4O4. The van der Waals surface area contributed by atoms with Crippen LogP contribution in [0.5, 0.6) is 11.5 Å². The number of carbonyl (C=O) groups excluding carboxylic acids is 2. The Morgan fingerprint density at radius 3 is 2.74 bits per heavy atom. The molecule has 2 rings (SSSR count). The van der Waals surface area contributed by atoms with Crippen LogP contribution in [0.2, 0.25) is 0 Å². The van der Waals surface area contributed by atoms with Gasteiger partial charge in [0, 0.05) is 38.4 Å². The smallest absolute Gasteiger partial charge is 0.257 e. The van der Waals surface area contributed by atoms with E-state index in [1.165, 1.54) is 7.11 Å². The van der Waals surface area contributed by atoms with E-state index < -0.39 is 0 Å². The molecule has 0 bridgehead atoms. The van der Waals surface area contributed by atoms with Crippen LogP contribution in [0.1, 0.15) is 25.3 Å². The standard InChI is InChI=1S/C19H26N4O4/c1-3-20-19(25)14-27-16-8-7-15(12-17(16)26-2)13-21-18(24)6-4-10-23-11-5-9-22-23/h5,7-9,11-12H,3-4,6,10,13-14H2,1-2H3,(H,20,25)(H,21,24). The first-order valence-electron chi connectivity index (χ1n) is 8.93. The van der Waals surface area contributed by atoms with E-state index in [2.05, 4.69) is 15.7 Å². The predicted molar refractivity (Wildman–Crippen MR) is 100 cm³/mol. The summed E-state index contributed by atoms with van der Waals surface area (Å²) < 4.78 is 12.6. The van der Waals surface area contributed by atoms with E-state index in [0.29, 0.717) is 37.6 Å². The molecule has 0 radical (unpaired) electrons. The molecule has 0 spiro atoms. The summed E-state index contributed by atoms with van der Waals surface area (Å²) in [5.74, 6) is 0.798. The first kappa shape index (κ1) is 20.3. The Hall–Kier alpha value is -3.03. The molecule has 8 heteroatoms. The molecular weight excluding hydrogens is 348 g/mol. The highest BCUT2D eigenvalue weighted by Gasteiger charge is 2.09. The van der Waals surface area contributed by atoms with Crippen molar-refractivity contribution in [1.29, 1.82) is 0 Å². The molecule has 27 heavy (non-hydrogen) atoms. The number of hydrogen-bond donors (Lipinski definition) is 2. The highest BCUT2D eigenvalue weighted by atomic mass is 16.5. The summed E-state index contributed by atoms with van der Waals surface area (Å²) in [7, 11) is 1.53. The van der Waals surface area contributed by atoms with Crippen molar-refractivity contribution >= 4 is 11.8 Å². The van der Waals surface area contributed by atoms with Crippen molar-refractivity contribution in [3.63, 3.8) is 0 Å². The Bertz CT molecular complexity index is 731. The monoisotopic (exact) mass is 374 g/mol. The van der Waals surface area contributed by atoms with Gasteiger partial charge in [0.15, 0.2) is 18.1 Å². The van der Waals surface area contributed by atoms with E-state index in [-0.39, 0.29) is 18.4 Å². The zero-order valence-electron chi connectivity index (χ0n) is 15.7. The maximum absolute atomic E-state index is 12.0. The van der Waals surface area contributed by atoms with E-state index in [1.54, 1.807) is 23.0 Å². The zero-order chi connectivity index (χ0) is 19.5. The van der Waals surface area contributed by atoms with Gasteiger partial charge in [-0.05, 0) is 37.1 Å². The van der Waals surface area contributed by atoms with Crippen molar-refractivity contribution in [3.8, 4) is 11.5 Å². The van der Waals surface area contributed by atoms with Crippen molar-refractivity contribution < 1.29 is 19.1 Å². The summed E-state index contributed by atoms with van der Waals surface area (Å²) in [4.78, 5) is 23.5. The van der Waals surface area contributed by atoms with Crippen LogP contribution in [0.25, 0.3) is 0 Å². The maximum Gasteiger partial charge on any atom is 0.257 e. The van der Waals surface area contributed by atoms with E-state index in [9.17, 15) is 9.59 Å². The number of aromatic nitrogens is 2. The molecule has 0 aliphatic rings. The van der Waals surface area contributed by atoms with E-state index in [4.69, 9.17) is 9.47 Å². The van der Waals surface area contributed by atoms with Gasteiger partial charge in [0.25, 0.3) is 5.91 Å². The third-order valence-electron chi connectivity index (χ3n) is 3.80. The number of methoxy groups -OCH3 is 1. The lowest BCUT2D eigenvalue weighted by Gasteiger charge is -2.12. The average Bonchev–Trinajstić information content (AvgIpc) is 3.18. The second-order valence-electron chi connectivity index (χ2n) is 5.88. The molecule has 146 valence electrons. The second kappa shape index (κ2) is 10.8. The van der Waals surface area contributed by atoms with Crippen LogP contribution >= 0.6 is 0 Å². The van der Waals surface area contributed by atoms with Crippen LogP contribution < -0.4 is 20.1 Å². The topological polar surface area (TPSA) is 94.5 Å². The number of benzene rings is 1. The Morgan fingerprint density at radius 2 is 2.04 bits per heavy atom. The number of amides is 2. The maximum atomic E-state index is 12.0. The minimum Gasteiger partial charge on any atom is -0.493 e. The van der Waals surface area contributed by atoms with Crippen LogP contribution in [-0.4, -0.2) is 41.9 Å². The molecule has 0 saturated heterocycles. The molecule has 0 atom stereocenters. The average molecular weight is 374 g/mol. The number of nitrogens with zero attached hydrogens (tertiary/aromatic N) is 2. The molecule has 0 saturated carbocycles. The fourth-order valence-electron chi connectivity index (χ4n) is 2.46.